The molecule has 0 aromatic carbocycles. The number of carboxylic acid groups (broad SMARTS) is 1. The zero-order chi connectivity index (χ0) is 13.8. The van der Waals surface area contributed by atoms with Crippen LogP contribution in [0.3, 0.4) is 0 Å². The molecule has 1 saturated carbocycles. The third-order valence-electron chi connectivity index (χ3n) is 3.72. The van der Waals surface area contributed by atoms with Gasteiger partial charge in [0.2, 0.25) is 0 Å². The fourth-order valence-electron chi connectivity index (χ4n) is 2.62. The van der Waals surface area contributed by atoms with E-state index in [1.165, 1.54) is 11.3 Å². The molecule has 1 aromatic rings. The van der Waals surface area contributed by atoms with Gasteiger partial charge in [-0.25, -0.2) is 0 Å². The van der Waals surface area contributed by atoms with Crippen LogP contribution in [0.25, 0.3) is 0 Å². The number of aryl methyl sites for hydroxylation is 1. The zero-order valence-corrected chi connectivity index (χ0v) is 11.8. The van der Waals surface area contributed by atoms with Gasteiger partial charge in [0.1, 0.15) is 0 Å². The molecule has 1 amide bonds. The summed E-state index contributed by atoms with van der Waals surface area (Å²) in [6.45, 7) is 1.90. The minimum Gasteiger partial charge on any atom is -0.481 e. The molecule has 2 atom stereocenters. The van der Waals surface area contributed by atoms with Crippen molar-refractivity contribution < 1.29 is 14.7 Å². The standard InChI is InChI=1S/C14H19NO3S/c1-9-7-8-19-12(9)13(16)15-11-6-4-2-3-5-10(11)14(17)18/h7-8,10-11H,2-6H2,1H3,(H,15,16)(H,17,18). The highest BCUT2D eigenvalue weighted by molar-refractivity contribution is 7.12. The van der Waals surface area contributed by atoms with Crippen LogP contribution in [0.15, 0.2) is 11.4 Å². The van der Waals surface area contributed by atoms with Crippen LogP contribution >= 0.6 is 11.3 Å². The van der Waals surface area contributed by atoms with Crippen LogP contribution in [0.1, 0.15) is 47.3 Å². The lowest BCUT2D eigenvalue weighted by Gasteiger charge is -2.22. The fourth-order valence-corrected chi connectivity index (χ4v) is 3.44. The van der Waals surface area contributed by atoms with Gasteiger partial charge < -0.3 is 10.4 Å². The van der Waals surface area contributed by atoms with E-state index in [1.54, 1.807) is 0 Å². The first-order valence-electron chi connectivity index (χ1n) is 6.67. The second kappa shape index (κ2) is 6.19. The van der Waals surface area contributed by atoms with Gasteiger partial charge in [-0.05, 0) is 36.8 Å². The number of carbonyl (C=O) groups excluding carboxylic acids is 1. The van der Waals surface area contributed by atoms with Gasteiger partial charge in [-0.15, -0.1) is 11.3 Å². The normalized spacial score (nSPS) is 23.6. The molecule has 2 rings (SSSR count). The van der Waals surface area contributed by atoms with Gasteiger partial charge in [-0.3, -0.25) is 9.59 Å². The molecule has 2 N–H and O–H groups in total. The van der Waals surface area contributed by atoms with Crippen molar-refractivity contribution in [3.63, 3.8) is 0 Å². The second-order valence-corrected chi connectivity index (χ2v) is 6.01. The Morgan fingerprint density at radius 3 is 2.68 bits per heavy atom. The molecule has 5 heteroatoms. The first kappa shape index (κ1) is 14.1. The Morgan fingerprint density at radius 1 is 1.32 bits per heavy atom. The molecular formula is C14H19NO3S. The number of aliphatic carboxylic acids is 1. The molecule has 1 aliphatic rings. The van der Waals surface area contributed by atoms with Crippen molar-refractivity contribution in [1.29, 1.82) is 0 Å². The summed E-state index contributed by atoms with van der Waals surface area (Å²) in [7, 11) is 0. The summed E-state index contributed by atoms with van der Waals surface area (Å²) in [5.41, 5.74) is 0.947. The Morgan fingerprint density at radius 2 is 2.05 bits per heavy atom. The molecule has 19 heavy (non-hydrogen) atoms. The largest absolute Gasteiger partial charge is 0.481 e. The maximum absolute atomic E-state index is 12.2. The molecule has 0 saturated heterocycles. The number of hydrogen-bond donors (Lipinski definition) is 2. The van der Waals surface area contributed by atoms with Crippen molar-refractivity contribution >= 4 is 23.2 Å². The van der Waals surface area contributed by atoms with Crippen LogP contribution < -0.4 is 5.32 Å². The van der Waals surface area contributed by atoms with Crippen LogP contribution in [-0.2, 0) is 4.79 Å². The molecule has 0 aliphatic heterocycles. The van der Waals surface area contributed by atoms with Crippen molar-refractivity contribution in [3.05, 3.63) is 21.9 Å². The van der Waals surface area contributed by atoms with Gasteiger partial charge in [0.25, 0.3) is 5.91 Å². The molecule has 4 nitrogen and oxygen atoms in total. The topological polar surface area (TPSA) is 66.4 Å². The number of amides is 1. The quantitative estimate of drug-likeness (QED) is 0.837. The molecule has 0 radical (unpaired) electrons. The van der Waals surface area contributed by atoms with Gasteiger partial charge >= 0.3 is 5.97 Å². The smallest absolute Gasteiger partial charge is 0.308 e. The summed E-state index contributed by atoms with van der Waals surface area (Å²) < 4.78 is 0. The molecular weight excluding hydrogens is 262 g/mol. The van der Waals surface area contributed by atoms with Crippen LogP contribution in [0.4, 0.5) is 0 Å². The summed E-state index contributed by atoms with van der Waals surface area (Å²) in [4.78, 5) is 24.2. The van der Waals surface area contributed by atoms with E-state index in [-0.39, 0.29) is 11.9 Å². The molecule has 1 aromatic heterocycles. The predicted octanol–water partition coefficient (Wildman–Crippen LogP) is 2.82. The van der Waals surface area contributed by atoms with Gasteiger partial charge in [-0.1, -0.05) is 19.3 Å². The lowest BCUT2D eigenvalue weighted by Crippen LogP contribution is -2.42. The summed E-state index contributed by atoms with van der Waals surface area (Å²) in [6.07, 6.45) is 4.38. The third kappa shape index (κ3) is 3.35. The molecule has 2 unspecified atom stereocenters. The monoisotopic (exact) mass is 281 g/mol. The lowest BCUT2D eigenvalue weighted by molar-refractivity contribution is -0.142. The number of nitrogens with one attached hydrogen (secondary N) is 1. The zero-order valence-electron chi connectivity index (χ0n) is 11.0. The summed E-state index contributed by atoms with van der Waals surface area (Å²) in [5.74, 6) is -1.38. The second-order valence-electron chi connectivity index (χ2n) is 5.10. The van der Waals surface area contributed by atoms with Crippen molar-refractivity contribution in [2.45, 2.75) is 45.1 Å². The number of thiophene rings is 1. The maximum Gasteiger partial charge on any atom is 0.308 e. The highest BCUT2D eigenvalue weighted by atomic mass is 32.1. The van der Waals surface area contributed by atoms with E-state index < -0.39 is 11.9 Å². The van der Waals surface area contributed by atoms with Gasteiger partial charge in [-0.2, -0.15) is 0 Å². The highest BCUT2D eigenvalue weighted by Gasteiger charge is 2.31. The minimum absolute atomic E-state index is 0.134. The van der Waals surface area contributed by atoms with E-state index >= 15 is 0 Å². The van der Waals surface area contributed by atoms with Crippen LogP contribution in [0.5, 0.6) is 0 Å². The van der Waals surface area contributed by atoms with E-state index in [0.29, 0.717) is 11.3 Å². The van der Waals surface area contributed by atoms with E-state index in [9.17, 15) is 14.7 Å². The average Bonchev–Trinajstić information content (AvgIpc) is 2.65. The Bertz CT molecular complexity index is 469. The van der Waals surface area contributed by atoms with E-state index in [2.05, 4.69) is 5.32 Å². The van der Waals surface area contributed by atoms with E-state index in [1.807, 2.05) is 18.4 Å². The molecule has 0 spiro atoms. The first-order chi connectivity index (χ1) is 9.09. The van der Waals surface area contributed by atoms with Gasteiger partial charge in [0, 0.05) is 6.04 Å². The maximum atomic E-state index is 12.2. The number of hydrogen-bond acceptors (Lipinski definition) is 3. The van der Waals surface area contributed by atoms with E-state index in [4.69, 9.17) is 0 Å². The Labute approximate surface area is 116 Å². The molecule has 0 bridgehead atoms. The highest BCUT2D eigenvalue weighted by Crippen LogP contribution is 2.25. The predicted molar refractivity (Wildman–Crippen MR) is 74.5 cm³/mol. The van der Waals surface area contributed by atoms with Crippen LogP contribution in [0.2, 0.25) is 0 Å². The summed E-state index contributed by atoms with van der Waals surface area (Å²) in [6, 6.07) is 1.66. The van der Waals surface area contributed by atoms with E-state index in [0.717, 1.165) is 31.2 Å². The molecule has 104 valence electrons. The third-order valence-corrected chi connectivity index (χ3v) is 4.73. The first-order valence-corrected chi connectivity index (χ1v) is 7.55. The van der Waals surface area contributed by atoms with Crippen molar-refractivity contribution in [1.82, 2.24) is 5.32 Å². The minimum atomic E-state index is -0.796. The van der Waals surface area contributed by atoms with Crippen LogP contribution in [0, 0.1) is 12.8 Å². The number of rotatable bonds is 3. The Balaban J connectivity index is 2.08. The lowest BCUT2D eigenvalue weighted by atomic mass is 9.95. The van der Waals surface area contributed by atoms with Gasteiger partial charge in [0.15, 0.2) is 0 Å². The fraction of sp³-hybridized carbons (Fsp3) is 0.571. The Kier molecular flexibility index (Phi) is 4.58. The number of carbonyl (C=O) groups is 2. The Hall–Kier alpha value is -1.36. The molecule has 1 heterocycles. The van der Waals surface area contributed by atoms with Gasteiger partial charge in [0.05, 0.1) is 10.8 Å². The summed E-state index contributed by atoms with van der Waals surface area (Å²) in [5, 5.41) is 14.1. The average molecular weight is 281 g/mol. The molecule has 1 aliphatic carbocycles. The van der Waals surface area contributed by atoms with Crippen molar-refractivity contribution in [2.75, 3.05) is 0 Å². The SMILES string of the molecule is Cc1ccsc1C(=O)NC1CCCCCC1C(=O)O. The molecule has 1 fully saturated rings. The number of carboxylic acids is 1. The van der Waals surface area contributed by atoms with Crippen LogP contribution in [-0.4, -0.2) is 23.0 Å². The summed E-state index contributed by atoms with van der Waals surface area (Å²) >= 11 is 1.40. The van der Waals surface area contributed by atoms with Crippen molar-refractivity contribution in [3.8, 4) is 0 Å². The van der Waals surface area contributed by atoms with Crippen molar-refractivity contribution in [2.24, 2.45) is 5.92 Å².